The summed E-state index contributed by atoms with van der Waals surface area (Å²) in [6.45, 7) is 1.86. The van der Waals surface area contributed by atoms with E-state index in [0.29, 0.717) is 38.0 Å². The second kappa shape index (κ2) is 9.38. The summed E-state index contributed by atoms with van der Waals surface area (Å²) in [7, 11) is 0. The molecule has 1 saturated heterocycles. The molecule has 7 nitrogen and oxygen atoms in total. The number of nitrogens with zero attached hydrogens (tertiary/aromatic N) is 2. The summed E-state index contributed by atoms with van der Waals surface area (Å²) < 4.78 is 4.97. The van der Waals surface area contributed by atoms with Crippen LogP contribution in [0.15, 0.2) is 52.2 Å². The minimum absolute atomic E-state index is 0.0153. The van der Waals surface area contributed by atoms with Crippen molar-refractivity contribution in [3.63, 3.8) is 0 Å². The highest BCUT2D eigenvalue weighted by molar-refractivity contribution is 7.99. The fraction of sp³-hybridized carbons (Fsp3) is 0.409. The molecular formula is C22H25N3O4S. The van der Waals surface area contributed by atoms with Crippen LogP contribution in [0.25, 0.3) is 0 Å². The van der Waals surface area contributed by atoms with E-state index in [4.69, 9.17) is 4.42 Å². The van der Waals surface area contributed by atoms with Gasteiger partial charge < -0.3 is 19.5 Å². The van der Waals surface area contributed by atoms with Crippen molar-refractivity contribution >= 4 is 35.2 Å². The molecule has 1 aromatic heterocycles. The maximum Gasteiger partial charge on any atom is 0.257 e. The number of para-hydroxylation sites is 1. The van der Waals surface area contributed by atoms with Gasteiger partial charge in [-0.2, -0.15) is 0 Å². The number of fused-ring (bicyclic) bond motifs is 1. The normalized spacial score (nSPS) is 16.8. The summed E-state index contributed by atoms with van der Waals surface area (Å²) >= 11 is 1.75. The Morgan fingerprint density at radius 2 is 1.87 bits per heavy atom. The van der Waals surface area contributed by atoms with E-state index in [1.807, 2.05) is 24.3 Å². The number of benzene rings is 1. The number of piperidine rings is 1. The van der Waals surface area contributed by atoms with Gasteiger partial charge >= 0.3 is 0 Å². The first-order valence-corrected chi connectivity index (χ1v) is 11.2. The maximum absolute atomic E-state index is 12.7. The summed E-state index contributed by atoms with van der Waals surface area (Å²) in [6.07, 6.45) is 4.73. The van der Waals surface area contributed by atoms with Crippen LogP contribution in [-0.2, 0) is 9.59 Å². The van der Waals surface area contributed by atoms with Gasteiger partial charge in [0.05, 0.1) is 17.5 Å². The van der Waals surface area contributed by atoms with E-state index in [1.54, 1.807) is 27.6 Å². The highest BCUT2D eigenvalue weighted by atomic mass is 32.2. The smallest absolute Gasteiger partial charge is 0.257 e. The van der Waals surface area contributed by atoms with Crippen molar-refractivity contribution in [2.45, 2.75) is 36.6 Å². The van der Waals surface area contributed by atoms with Crippen molar-refractivity contribution in [2.75, 3.05) is 30.3 Å². The predicted octanol–water partition coefficient (Wildman–Crippen LogP) is 2.92. The Morgan fingerprint density at radius 3 is 2.63 bits per heavy atom. The molecule has 4 rings (SSSR count). The Kier molecular flexibility index (Phi) is 6.42. The molecule has 0 bridgehead atoms. The number of hydrogen-bond acceptors (Lipinski definition) is 5. The number of hydrogen-bond donors (Lipinski definition) is 1. The monoisotopic (exact) mass is 427 g/mol. The number of nitrogens with one attached hydrogen (secondary N) is 1. The van der Waals surface area contributed by atoms with Crippen molar-refractivity contribution in [3.8, 4) is 0 Å². The third kappa shape index (κ3) is 4.70. The molecule has 2 aliphatic heterocycles. The zero-order valence-electron chi connectivity index (χ0n) is 16.7. The largest absolute Gasteiger partial charge is 0.472 e. The number of amides is 3. The molecule has 1 aromatic carbocycles. The van der Waals surface area contributed by atoms with E-state index < -0.39 is 0 Å². The van der Waals surface area contributed by atoms with Crippen LogP contribution in [0.3, 0.4) is 0 Å². The second-order valence-electron chi connectivity index (χ2n) is 7.51. The summed E-state index contributed by atoms with van der Waals surface area (Å²) in [4.78, 5) is 42.1. The highest BCUT2D eigenvalue weighted by Crippen LogP contribution is 2.34. The molecule has 0 saturated carbocycles. The van der Waals surface area contributed by atoms with Gasteiger partial charge in [0.25, 0.3) is 5.91 Å². The molecule has 0 radical (unpaired) electrons. The summed E-state index contributed by atoms with van der Waals surface area (Å²) in [5.74, 6) is 0.700. The van der Waals surface area contributed by atoms with Gasteiger partial charge in [-0.15, -0.1) is 11.8 Å². The number of furan rings is 1. The van der Waals surface area contributed by atoms with Gasteiger partial charge in [0.1, 0.15) is 6.26 Å². The van der Waals surface area contributed by atoms with Gasteiger partial charge in [-0.3, -0.25) is 14.4 Å². The molecular weight excluding hydrogens is 402 g/mol. The summed E-state index contributed by atoms with van der Waals surface area (Å²) in [5, 5.41) is 3.02. The average molecular weight is 428 g/mol. The molecule has 2 aromatic rings. The predicted molar refractivity (Wildman–Crippen MR) is 115 cm³/mol. The Morgan fingerprint density at radius 1 is 1.07 bits per heavy atom. The highest BCUT2D eigenvalue weighted by Gasteiger charge is 2.26. The topological polar surface area (TPSA) is 82.9 Å². The molecule has 1 N–H and O–H groups in total. The molecule has 0 atom stereocenters. The number of thioether (sulfide) groups is 1. The van der Waals surface area contributed by atoms with Crippen LogP contribution in [0.4, 0.5) is 5.69 Å². The molecule has 158 valence electrons. The van der Waals surface area contributed by atoms with Gasteiger partial charge in [0.15, 0.2) is 0 Å². The zero-order chi connectivity index (χ0) is 20.9. The van der Waals surface area contributed by atoms with Crippen LogP contribution < -0.4 is 10.2 Å². The lowest BCUT2D eigenvalue weighted by molar-refractivity contribution is -0.125. The first kappa shape index (κ1) is 20.5. The molecule has 2 aliphatic rings. The molecule has 30 heavy (non-hydrogen) atoms. The van der Waals surface area contributed by atoms with E-state index in [9.17, 15) is 14.4 Å². The van der Waals surface area contributed by atoms with E-state index in [-0.39, 0.29) is 36.6 Å². The molecule has 0 unspecified atom stereocenters. The van der Waals surface area contributed by atoms with Gasteiger partial charge in [0.2, 0.25) is 11.8 Å². The Balaban J connectivity index is 1.21. The number of anilines is 1. The van der Waals surface area contributed by atoms with Crippen LogP contribution in [0.1, 0.15) is 36.0 Å². The summed E-state index contributed by atoms with van der Waals surface area (Å²) in [6, 6.07) is 9.58. The lowest BCUT2D eigenvalue weighted by Crippen LogP contribution is -2.46. The Hall–Kier alpha value is -2.74. The molecule has 8 heteroatoms. The van der Waals surface area contributed by atoms with Crippen molar-refractivity contribution in [2.24, 2.45) is 0 Å². The lowest BCUT2D eigenvalue weighted by Gasteiger charge is -2.32. The van der Waals surface area contributed by atoms with Crippen molar-refractivity contribution in [3.05, 3.63) is 48.4 Å². The van der Waals surface area contributed by atoms with Gasteiger partial charge in [-0.25, -0.2) is 0 Å². The van der Waals surface area contributed by atoms with E-state index in [1.165, 1.54) is 12.5 Å². The number of likely N-dealkylation sites (tertiary alicyclic amines) is 1. The average Bonchev–Trinajstić information content (AvgIpc) is 3.32. The quantitative estimate of drug-likeness (QED) is 0.793. The number of rotatable bonds is 5. The van der Waals surface area contributed by atoms with Crippen molar-refractivity contribution < 1.29 is 18.8 Å². The minimum atomic E-state index is -0.109. The second-order valence-corrected chi connectivity index (χ2v) is 8.64. The van der Waals surface area contributed by atoms with Crippen LogP contribution in [0.2, 0.25) is 0 Å². The fourth-order valence-corrected chi connectivity index (χ4v) is 4.87. The number of carbonyl (C=O) groups excluding carboxylic acids is 3. The molecule has 0 spiro atoms. The Labute approximate surface area is 179 Å². The number of carbonyl (C=O) groups is 3. The first-order chi connectivity index (χ1) is 14.6. The first-order valence-electron chi connectivity index (χ1n) is 10.2. The fourth-order valence-electron chi connectivity index (χ4n) is 3.88. The maximum atomic E-state index is 12.7. The van der Waals surface area contributed by atoms with E-state index in [2.05, 4.69) is 5.32 Å². The van der Waals surface area contributed by atoms with Crippen LogP contribution >= 0.6 is 11.8 Å². The van der Waals surface area contributed by atoms with E-state index >= 15 is 0 Å². The third-order valence-electron chi connectivity index (χ3n) is 5.51. The lowest BCUT2D eigenvalue weighted by atomic mass is 10.0. The van der Waals surface area contributed by atoms with Gasteiger partial charge in [0, 0.05) is 49.2 Å². The van der Waals surface area contributed by atoms with Crippen molar-refractivity contribution in [1.82, 2.24) is 10.2 Å². The van der Waals surface area contributed by atoms with Gasteiger partial charge in [-0.05, 0) is 31.0 Å². The molecule has 3 heterocycles. The van der Waals surface area contributed by atoms with Gasteiger partial charge in [-0.1, -0.05) is 12.1 Å². The molecule has 1 fully saturated rings. The van der Waals surface area contributed by atoms with Crippen LogP contribution in [0, 0.1) is 0 Å². The molecule has 3 amide bonds. The van der Waals surface area contributed by atoms with Crippen LogP contribution in [-0.4, -0.2) is 54.1 Å². The van der Waals surface area contributed by atoms with Crippen molar-refractivity contribution in [1.29, 1.82) is 0 Å². The third-order valence-corrected chi connectivity index (χ3v) is 6.55. The SMILES string of the molecule is O=C(CCC(=O)N1CCSc2ccccc21)NC1CCN(C(=O)c2ccoc2)CC1. The van der Waals surface area contributed by atoms with E-state index in [0.717, 1.165) is 16.3 Å². The summed E-state index contributed by atoms with van der Waals surface area (Å²) in [5.41, 5.74) is 1.49. The standard InChI is InChI=1S/C22H25N3O4S/c26-20(5-6-21(27)25-12-14-30-19-4-2-1-3-18(19)25)23-17-7-10-24(11-8-17)22(28)16-9-13-29-15-16/h1-4,9,13,15,17H,5-8,10-12,14H2,(H,23,26). The zero-order valence-corrected chi connectivity index (χ0v) is 17.5. The van der Waals surface area contributed by atoms with Crippen LogP contribution in [0.5, 0.6) is 0 Å². The molecule has 0 aliphatic carbocycles. The minimum Gasteiger partial charge on any atom is -0.472 e. The Bertz CT molecular complexity index is 907.